The van der Waals surface area contributed by atoms with Gasteiger partial charge in [-0.3, -0.25) is 4.98 Å². The zero-order valence-corrected chi connectivity index (χ0v) is 11.8. The van der Waals surface area contributed by atoms with Gasteiger partial charge in [-0.15, -0.1) is 0 Å². The van der Waals surface area contributed by atoms with E-state index < -0.39 is 5.97 Å². The molecule has 0 radical (unpaired) electrons. The molecule has 0 amide bonds. The molecule has 0 saturated carbocycles. The Morgan fingerprint density at radius 1 is 1.14 bits per heavy atom. The van der Waals surface area contributed by atoms with Crippen LogP contribution in [0.5, 0.6) is 0 Å². The summed E-state index contributed by atoms with van der Waals surface area (Å²) in [7, 11) is 0. The maximum absolute atomic E-state index is 11.9. The fourth-order valence-electron chi connectivity index (χ4n) is 2.14. The lowest BCUT2D eigenvalue weighted by Gasteiger charge is -2.01. The fraction of sp³-hybridized carbons (Fsp3) is 0.118. The van der Waals surface area contributed by atoms with Crippen LogP contribution in [0.3, 0.4) is 0 Å². The lowest BCUT2D eigenvalue weighted by atomic mass is 10.0. The summed E-state index contributed by atoms with van der Waals surface area (Å²) in [5.41, 5.74) is 4.08. The Kier molecular flexibility index (Phi) is 3.36. The molecule has 0 spiro atoms. The highest BCUT2D eigenvalue weighted by Gasteiger charge is 2.24. The number of esters is 1. The lowest BCUT2D eigenvalue weighted by Crippen LogP contribution is -2.06. The quantitative estimate of drug-likeness (QED) is 0.626. The molecule has 104 valence electrons. The Morgan fingerprint density at radius 3 is 2.71 bits per heavy atom. The third kappa shape index (κ3) is 2.74. The Balaban J connectivity index is 1.97. The molecular formula is C17H14N2O2. The number of nitrogens with zero attached hydrogens (tertiary/aromatic N) is 2. The fourth-order valence-corrected chi connectivity index (χ4v) is 2.14. The Morgan fingerprint density at radius 2 is 2.00 bits per heavy atom. The number of benzene rings is 1. The van der Waals surface area contributed by atoms with Gasteiger partial charge in [0.15, 0.2) is 5.70 Å². The average molecular weight is 278 g/mol. The second-order valence-electron chi connectivity index (χ2n) is 4.91. The van der Waals surface area contributed by atoms with Crippen molar-refractivity contribution < 1.29 is 9.53 Å². The number of hydrogen-bond donors (Lipinski definition) is 0. The van der Waals surface area contributed by atoms with Gasteiger partial charge in [0.25, 0.3) is 0 Å². The minimum atomic E-state index is -0.448. The SMILES string of the molecule is Cc1ccc(/C=C2\N=C(c3ccccn3)OC2=O)c(C)c1. The largest absolute Gasteiger partial charge is 0.400 e. The molecular weight excluding hydrogens is 264 g/mol. The third-order valence-corrected chi connectivity index (χ3v) is 3.22. The van der Waals surface area contributed by atoms with E-state index in [1.54, 1.807) is 24.4 Å². The first-order valence-corrected chi connectivity index (χ1v) is 6.65. The van der Waals surface area contributed by atoms with Gasteiger partial charge in [0.05, 0.1) is 0 Å². The van der Waals surface area contributed by atoms with Crippen LogP contribution >= 0.6 is 0 Å². The van der Waals surface area contributed by atoms with Gasteiger partial charge in [0, 0.05) is 6.20 Å². The first kappa shape index (κ1) is 13.2. The average Bonchev–Trinajstić information content (AvgIpc) is 2.84. The Labute approximate surface area is 122 Å². The molecule has 2 aromatic rings. The minimum Gasteiger partial charge on any atom is -0.400 e. The van der Waals surface area contributed by atoms with Gasteiger partial charge in [0.1, 0.15) is 5.69 Å². The molecule has 0 unspecified atom stereocenters. The molecule has 0 atom stereocenters. The topological polar surface area (TPSA) is 51.6 Å². The second kappa shape index (κ2) is 5.32. The Bertz CT molecular complexity index is 762. The number of hydrogen-bond acceptors (Lipinski definition) is 4. The summed E-state index contributed by atoms with van der Waals surface area (Å²) < 4.78 is 5.18. The molecule has 0 N–H and O–H groups in total. The van der Waals surface area contributed by atoms with Crippen LogP contribution in [0.15, 0.2) is 53.3 Å². The van der Waals surface area contributed by atoms with Crippen molar-refractivity contribution in [3.8, 4) is 0 Å². The van der Waals surface area contributed by atoms with Crippen molar-refractivity contribution in [3.05, 3.63) is 70.7 Å². The van der Waals surface area contributed by atoms with Crippen LogP contribution in [0.4, 0.5) is 0 Å². The lowest BCUT2D eigenvalue weighted by molar-refractivity contribution is -0.129. The van der Waals surface area contributed by atoms with Crippen molar-refractivity contribution >= 4 is 17.9 Å². The molecule has 1 aliphatic rings. The van der Waals surface area contributed by atoms with Crippen LogP contribution in [-0.2, 0) is 9.53 Å². The molecule has 0 fully saturated rings. The zero-order chi connectivity index (χ0) is 14.8. The van der Waals surface area contributed by atoms with Crippen molar-refractivity contribution in [1.82, 2.24) is 4.98 Å². The maximum atomic E-state index is 11.9. The number of ether oxygens (including phenoxy) is 1. The van der Waals surface area contributed by atoms with E-state index in [1.165, 1.54) is 5.56 Å². The second-order valence-corrected chi connectivity index (χ2v) is 4.91. The van der Waals surface area contributed by atoms with Gasteiger partial charge < -0.3 is 4.74 Å². The van der Waals surface area contributed by atoms with Crippen molar-refractivity contribution in [2.24, 2.45) is 4.99 Å². The molecule has 4 heteroatoms. The Hall–Kier alpha value is -2.75. The first-order chi connectivity index (χ1) is 10.1. The number of carbonyl (C=O) groups excluding carboxylic acids is 1. The number of pyridine rings is 1. The summed E-state index contributed by atoms with van der Waals surface area (Å²) in [5.74, 6) is -0.202. The predicted octanol–water partition coefficient (Wildman–Crippen LogP) is 3.04. The van der Waals surface area contributed by atoms with Gasteiger partial charge in [-0.05, 0) is 43.2 Å². The van der Waals surface area contributed by atoms with E-state index in [0.717, 1.165) is 11.1 Å². The molecule has 0 saturated heterocycles. The van der Waals surface area contributed by atoms with Crippen LogP contribution < -0.4 is 0 Å². The summed E-state index contributed by atoms with van der Waals surface area (Å²) in [5, 5.41) is 0. The van der Waals surface area contributed by atoms with Crippen molar-refractivity contribution in [3.63, 3.8) is 0 Å². The number of aliphatic imine (C=N–C) groups is 1. The van der Waals surface area contributed by atoms with Crippen molar-refractivity contribution in [1.29, 1.82) is 0 Å². The third-order valence-electron chi connectivity index (χ3n) is 3.22. The molecule has 0 bridgehead atoms. The summed E-state index contributed by atoms with van der Waals surface area (Å²) in [6, 6.07) is 11.4. The minimum absolute atomic E-state index is 0.247. The van der Waals surface area contributed by atoms with Crippen LogP contribution in [0.2, 0.25) is 0 Å². The molecule has 1 aromatic carbocycles. The van der Waals surface area contributed by atoms with E-state index in [4.69, 9.17) is 4.74 Å². The molecule has 1 aromatic heterocycles. The molecule has 1 aliphatic heterocycles. The molecule has 0 aliphatic carbocycles. The van der Waals surface area contributed by atoms with Gasteiger partial charge in [-0.25, -0.2) is 9.79 Å². The predicted molar refractivity (Wildman–Crippen MR) is 80.8 cm³/mol. The molecule has 2 heterocycles. The number of cyclic esters (lactones) is 1. The summed E-state index contributed by atoms with van der Waals surface area (Å²) in [6.07, 6.45) is 3.38. The molecule has 4 nitrogen and oxygen atoms in total. The highest BCUT2D eigenvalue weighted by Crippen LogP contribution is 2.20. The normalized spacial score (nSPS) is 16.0. The smallest absolute Gasteiger partial charge is 0.363 e. The van der Waals surface area contributed by atoms with Crippen LogP contribution in [0, 0.1) is 13.8 Å². The summed E-state index contributed by atoms with van der Waals surface area (Å²) in [6.45, 7) is 4.04. The zero-order valence-electron chi connectivity index (χ0n) is 11.8. The summed E-state index contributed by atoms with van der Waals surface area (Å²) in [4.78, 5) is 20.3. The van der Waals surface area contributed by atoms with Crippen LogP contribution in [0.1, 0.15) is 22.4 Å². The number of rotatable bonds is 2. The van der Waals surface area contributed by atoms with E-state index in [0.29, 0.717) is 11.4 Å². The van der Waals surface area contributed by atoms with Gasteiger partial charge >= 0.3 is 5.97 Å². The van der Waals surface area contributed by atoms with Crippen molar-refractivity contribution in [2.45, 2.75) is 13.8 Å². The maximum Gasteiger partial charge on any atom is 0.363 e. The van der Waals surface area contributed by atoms with Crippen molar-refractivity contribution in [2.75, 3.05) is 0 Å². The molecule has 21 heavy (non-hydrogen) atoms. The number of carbonyl (C=O) groups is 1. The molecule has 3 rings (SSSR count). The number of aromatic nitrogens is 1. The van der Waals surface area contributed by atoms with Crippen LogP contribution in [-0.4, -0.2) is 16.9 Å². The van der Waals surface area contributed by atoms with E-state index in [2.05, 4.69) is 16.0 Å². The van der Waals surface area contributed by atoms with E-state index >= 15 is 0 Å². The standard InChI is InChI=1S/C17H14N2O2/c1-11-6-7-13(12(2)9-11)10-15-17(20)21-16(19-15)14-5-3-4-8-18-14/h3-10H,1-2H3/b15-10-. The number of aryl methyl sites for hydroxylation is 2. The first-order valence-electron chi connectivity index (χ1n) is 6.65. The highest BCUT2D eigenvalue weighted by molar-refractivity contribution is 6.12. The summed E-state index contributed by atoms with van der Waals surface area (Å²) >= 11 is 0. The van der Waals surface area contributed by atoms with Crippen LogP contribution in [0.25, 0.3) is 6.08 Å². The monoisotopic (exact) mass is 278 g/mol. The van der Waals surface area contributed by atoms with E-state index in [1.807, 2.05) is 32.0 Å². The highest BCUT2D eigenvalue weighted by atomic mass is 16.6. The van der Waals surface area contributed by atoms with Gasteiger partial charge in [0.2, 0.25) is 5.90 Å². The van der Waals surface area contributed by atoms with Gasteiger partial charge in [-0.2, -0.15) is 0 Å². The van der Waals surface area contributed by atoms with E-state index in [-0.39, 0.29) is 5.90 Å². The van der Waals surface area contributed by atoms with Gasteiger partial charge in [-0.1, -0.05) is 29.8 Å². The van der Waals surface area contributed by atoms with E-state index in [9.17, 15) is 4.79 Å².